The number of benzene rings is 1. The molecule has 0 aromatic heterocycles. The third-order valence-corrected chi connectivity index (χ3v) is 4.12. The van der Waals surface area contributed by atoms with Gasteiger partial charge in [0.1, 0.15) is 5.82 Å². The minimum absolute atomic E-state index is 0.0844. The summed E-state index contributed by atoms with van der Waals surface area (Å²) in [7, 11) is 0. The van der Waals surface area contributed by atoms with Gasteiger partial charge in [0.2, 0.25) is 0 Å². The van der Waals surface area contributed by atoms with Crippen molar-refractivity contribution in [3.63, 3.8) is 0 Å². The second-order valence-electron chi connectivity index (χ2n) is 4.47. The molecule has 0 heterocycles. The summed E-state index contributed by atoms with van der Waals surface area (Å²) in [6.07, 6.45) is 2.53. The second-order valence-corrected chi connectivity index (χ2v) is 5.32. The maximum Gasteiger partial charge on any atom is 0.126 e. The first-order chi connectivity index (χ1) is 8.17. The fraction of sp³-hybridized carbons (Fsp3) is 0.538. The lowest BCUT2D eigenvalue weighted by Crippen LogP contribution is -2.34. The van der Waals surface area contributed by atoms with E-state index in [9.17, 15) is 9.50 Å². The van der Waals surface area contributed by atoms with Crippen molar-refractivity contribution in [2.24, 2.45) is 0 Å². The number of aliphatic hydroxyl groups is 1. The summed E-state index contributed by atoms with van der Waals surface area (Å²) in [5, 5.41) is 12.6. The zero-order valence-electron chi connectivity index (χ0n) is 9.84. The molecule has 2 N–H and O–H groups in total. The molecular weight excluding hydrogens is 285 g/mol. The molecule has 0 saturated carbocycles. The van der Waals surface area contributed by atoms with Gasteiger partial charge in [-0.3, -0.25) is 0 Å². The van der Waals surface area contributed by atoms with Crippen molar-refractivity contribution < 1.29 is 9.50 Å². The van der Waals surface area contributed by atoms with Crippen molar-refractivity contribution in [3.8, 4) is 0 Å². The molecule has 17 heavy (non-hydrogen) atoms. The standard InChI is InChI=1S/C13H17BrFNO/c1-2-8(7-17)16-12-6-3-9-11(15)5-4-10(14)13(9)12/h4-5,8,12,16-17H,2-3,6-7H2,1H3. The van der Waals surface area contributed by atoms with E-state index in [4.69, 9.17) is 0 Å². The van der Waals surface area contributed by atoms with Crippen LogP contribution in [0.5, 0.6) is 0 Å². The third-order valence-electron chi connectivity index (χ3n) is 3.43. The van der Waals surface area contributed by atoms with Gasteiger partial charge in [0.25, 0.3) is 0 Å². The van der Waals surface area contributed by atoms with E-state index in [1.165, 1.54) is 6.07 Å². The molecule has 94 valence electrons. The topological polar surface area (TPSA) is 32.3 Å². The van der Waals surface area contributed by atoms with Crippen molar-refractivity contribution >= 4 is 15.9 Å². The Balaban J connectivity index is 2.24. The molecule has 1 aromatic rings. The molecule has 0 bridgehead atoms. The Morgan fingerprint density at radius 1 is 1.59 bits per heavy atom. The fourth-order valence-electron chi connectivity index (χ4n) is 2.42. The number of fused-ring (bicyclic) bond motifs is 1. The first-order valence-electron chi connectivity index (χ1n) is 6.01. The van der Waals surface area contributed by atoms with E-state index in [0.717, 1.165) is 34.9 Å². The van der Waals surface area contributed by atoms with Crippen LogP contribution in [-0.2, 0) is 6.42 Å². The monoisotopic (exact) mass is 301 g/mol. The zero-order valence-corrected chi connectivity index (χ0v) is 11.4. The van der Waals surface area contributed by atoms with Crippen LogP contribution < -0.4 is 5.32 Å². The lowest BCUT2D eigenvalue weighted by atomic mass is 10.1. The van der Waals surface area contributed by atoms with Gasteiger partial charge in [0, 0.05) is 16.6 Å². The first kappa shape index (κ1) is 13.0. The molecule has 0 radical (unpaired) electrons. The van der Waals surface area contributed by atoms with E-state index >= 15 is 0 Å². The molecule has 0 fully saturated rings. The van der Waals surface area contributed by atoms with Crippen LogP contribution in [0.25, 0.3) is 0 Å². The van der Waals surface area contributed by atoms with Gasteiger partial charge < -0.3 is 10.4 Å². The average molecular weight is 302 g/mol. The fourth-order valence-corrected chi connectivity index (χ4v) is 3.07. The SMILES string of the molecule is CCC(CO)NC1CCc2c(F)ccc(Br)c21. The minimum atomic E-state index is -0.121. The smallest absolute Gasteiger partial charge is 0.126 e. The molecule has 0 saturated heterocycles. The summed E-state index contributed by atoms with van der Waals surface area (Å²) < 4.78 is 14.6. The lowest BCUT2D eigenvalue weighted by Gasteiger charge is -2.21. The van der Waals surface area contributed by atoms with E-state index < -0.39 is 0 Å². The molecule has 2 unspecified atom stereocenters. The highest BCUT2D eigenvalue weighted by atomic mass is 79.9. The van der Waals surface area contributed by atoms with Crippen LogP contribution in [-0.4, -0.2) is 17.8 Å². The summed E-state index contributed by atoms with van der Waals surface area (Å²) in [4.78, 5) is 0. The number of aliphatic hydroxyl groups excluding tert-OH is 1. The zero-order chi connectivity index (χ0) is 12.4. The highest BCUT2D eigenvalue weighted by molar-refractivity contribution is 9.10. The Morgan fingerprint density at radius 2 is 2.35 bits per heavy atom. The Morgan fingerprint density at radius 3 is 3.00 bits per heavy atom. The largest absolute Gasteiger partial charge is 0.395 e. The molecule has 0 spiro atoms. The third kappa shape index (κ3) is 2.54. The number of nitrogens with one attached hydrogen (secondary N) is 1. The van der Waals surface area contributed by atoms with Gasteiger partial charge in [-0.05, 0) is 42.5 Å². The molecule has 2 atom stereocenters. The highest BCUT2D eigenvalue weighted by Crippen LogP contribution is 2.38. The Kier molecular flexibility index (Phi) is 4.17. The number of halogens is 2. The van der Waals surface area contributed by atoms with E-state index in [0.29, 0.717) is 0 Å². The number of hydrogen-bond acceptors (Lipinski definition) is 2. The summed E-state index contributed by atoms with van der Waals surface area (Å²) in [5.74, 6) is -0.121. The van der Waals surface area contributed by atoms with Crippen molar-refractivity contribution in [2.45, 2.75) is 38.3 Å². The van der Waals surface area contributed by atoms with Crippen LogP contribution in [0.15, 0.2) is 16.6 Å². The van der Waals surface area contributed by atoms with Gasteiger partial charge in [-0.2, -0.15) is 0 Å². The Hall–Kier alpha value is -0.450. The van der Waals surface area contributed by atoms with Crippen LogP contribution in [0.3, 0.4) is 0 Å². The predicted molar refractivity (Wildman–Crippen MR) is 69.5 cm³/mol. The van der Waals surface area contributed by atoms with Crippen LogP contribution in [0, 0.1) is 5.82 Å². The summed E-state index contributed by atoms with van der Waals surface area (Å²) in [6.45, 7) is 2.15. The van der Waals surface area contributed by atoms with Crippen LogP contribution in [0.2, 0.25) is 0 Å². The van der Waals surface area contributed by atoms with Gasteiger partial charge in [-0.1, -0.05) is 22.9 Å². The molecule has 4 heteroatoms. The molecule has 0 amide bonds. The van der Waals surface area contributed by atoms with Gasteiger partial charge in [0.05, 0.1) is 6.61 Å². The number of rotatable bonds is 4. The van der Waals surface area contributed by atoms with Gasteiger partial charge >= 0.3 is 0 Å². The van der Waals surface area contributed by atoms with Gasteiger partial charge in [0.15, 0.2) is 0 Å². The van der Waals surface area contributed by atoms with E-state index in [2.05, 4.69) is 21.2 Å². The van der Waals surface area contributed by atoms with E-state index in [-0.39, 0.29) is 24.5 Å². The molecule has 2 nitrogen and oxygen atoms in total. The highest BCUT2D eigenvalue weighted by Gasteiger charge is 2.28. The minimum Gasteiger partial charge on any atom is -0.395 e. The molecule has 1 aliphatic rings. The Bertz CT molecular complexity index is 407. The summed E-state index contributed by atoms with van der Waals surface area (Å²) >= 11 is 3.49. The normalized spacial score (nSPS) is 20.4. The van der Waals surface area contributed by atoms with Crippen LogP contribution in [0.1, 0.15) is 36.9 Å². The van der Waals surface area contributed by atoms with E-state index in [1.807, 2.05) is 6.92 Å². The molecule has 1 aliphatic carbocycles. The van der Waals surface area contributed by atoms with E-state index in [1.54, 1.807) is 6.07 Å². The molecule has 2 rings (SSSR count). The second kappa shape index (κ2) is 5.46. The summed E-state index contributed by atoms with van der Waals surface area (Å²) in [6, 6.07) is 3.50. The van der Waals surface area contributed by atoms with Crippen molar-refractivity contribution in [3.05, 3.63) is 33.5 Å². The van der Waals surface area contributed by atoms with Crippen molar-refractivity contribution in [1.29, 1.82) is 0 Å². The molecular formula is C13H17BrFNO. The van der Waals surface area contributed by atoms with Gasteiger partial charge in [-0.25, -0.2) is 4.39 Å². The van der Waals surface area contributed by atoms with Crippen molar-refractivity contribution in [1.82, 2.24) is 5.32 Å². The van der Waals surface area contributed by atoms with Crippen molar-refractivity contribution in [2.75, 3.05) is 6.61 Å². The predicted octanol–water partition coefficient (Wildman–Crippen LogP) is 2.94. The quantitative estimate of drug-likeness (QED) is 0.896. The average Bonchev–Trinajstić information content (AvgIpc) is 2.76. The lowest BCUT2D eigenvalue weighted by molar-refractivity contribution is 0.227. The molecule has 0 aliphatic heterocycles. The van der Waals surface area contributed by atoms with Crippen LogP contribution in [0.4, 0.5) is 4.39 Å². The Labute approximate surface area is 109 Å². The van der Waals surface area contributed by atoms with Gasteiger partial charge in [-0.15, -0.1) is 0 Å². The maximum atomic E-state index is 13.6. The first-order valence-corrected chi connectivity index (χ1v) is 6.80. The maximum absolute atomic E-state index is 13.6. The molecule has 1 aromatic carbocycles. The number of hydrogen-bond donors (Lipinski definition) is 2. The van der Waals surface area contributed by atoms with Crippen LogP contribution >= 0.6 is 15.9 Å². The summed E-state index contributed by atoms with van der Waals surface area (Å²) in [5.41, 5.74) is 1.83.